The Morgan fingerprint density at radius 1 is 0.422 bits per heavy atom. The van der Waals surface area contributed by atoms with Crippen molar-refractivity contribution in [2.45, 2.75) is 194 Å². The molecule has 0 aliphatic rings. The van der Waals surface area contributed by atoms with E-state index >= 15 is 0 Å². The Kier molecular flexibility index (Phi) is 33.1. The minimum Gasteiger partial charge on any atom is -0.462 e. The predicted molar refractivity (Wildman–Crippen MR) is 187 cm³/mol. The highest BCUT2D eigenvalue weighted by atomic mass is 16.6. The molecule has 0 rings (SSSR count). The summed E-state index contributed by atoms with van der Waals surface area (Å²) in [4.78, 5) is 37.1. The van der Waals surface area contributed by atoms with Gasteiger partial charge in [-0.3, -0.25) is 14.4 Å². The van der Waals surface area contributed by atoms with Crippen LogP contribution >= 0.6 is 0 Å². The Labute approximate surface area is 277 Å². The SMILES string of the molecule is CCCC/C=C\CCCCCCCC(=O)OCC(COC(=O)CCCCCCC)OC(=O)CCCCCCC/C=C\CCCC. The van der Waals surface area contributed by atoms with E-state index in [4.69, 9.17) is 14.2 Å². The van der Waals surface area contributed by atoms with E-state index in [2.05, 4.69) is 45.1 Å². The maximum Gasteiger partial charge on any atom is 0.306 e. The van der Waals surface area contributed by atoms with Crippen molar-refractivity contribution >= 4 is 17.9 Å². The predicted octanol–water partition coefficient (Wildman–Crippen LogP) is 11.3. The summed E-state index contributed by atoms with van der Waals surface area (Å²) in [6, 6.07) is 0. The molecule has 6 heteroatoms. The van der Waals surface area contributed by atoms with Gasteiger partial charge >= 0.3 is 17.9 Å². The number of esters is 3. The fourth-order valence-corrected chi connectivity index (χ4v) is 4.99. The quantitative estimate of drug-likeness (QED) is 0.0309. The second-order valence-corrected chi connectivity index (χ2v) is 12.5. The number of ether oxygens (including phenoxy) is 3. The van der Waals surface area contributed by atoms with Crippen molar-refractivity contribution in [3.8, 4) is 0 Å². The highest BCUT2D eigenvalue weighted by molar-refractivity contribution is 5.71. The van der Waals surface area contributed by atoms with Crippen LogP contribution in [0.1, 0.15) is 188 Å². The number of carbonyl (C=O) groups excluding carboxylic acids is 3. The smallest absolute Gasteiger partial charge is 0.306 e. The maximum atomic E-state index is 12.5. The normalized spacial score (nSPS) is 12.2. The highest BCUT2D eigenvalue weighted by Gasteiger charge is 2.19. The molecule has 0 N–H and O–H groups in total. The van der Waals surface area contributed by atoms with Crippen LogP contribution in [0.4, 0.5) is 0 Å². The van der Waals surface area contributed by atoms with Crippen LogP contribution in [0.5, 0.6) is 0 Å². The van der Waals surface area contributed by atoms with Gasteiger partial charge in [-0.1, -0.05) is 135 Å². The van der Waals surface area contributed by atoms with Crippen molar-refractivity contribution in [2.75, 3.05) is 13.2 Å². The lowest BCUT2D eigenvalue weighted by molar-refractivity contribution is -0.167. The highest BCUT2D eigenvalue weighted by Crippen LogP contribution is 2.12. The Bertz CT molecular complexity index is 744. The van der Waals surface area contributed by atoms with Crippen LogP contribution in [-0.2, 0) is 28.6 Å². The fraction of sp³-hybridized carbons (Fsp3) is 0.821. The average molecular weight is 635 g/mol. The van der Waals surface area contributed by atoms with E-state index in [1.165, 1.54) is 64.2 Å². The van der Waals surface area contributed by atoms with Gasteiger partial charge in [-0.15, -0.1) is 0 Å². The molecule has 0 saturated heterocycles. The molecule has 0 heterocycles. The molecule has 6 nitrogen and oxygen atoms in total. The van der Waals surface area contributed by atoms with Crippen molar-refractivity contribution in [3.63, 3.8) is 0 Å². The summed E-state index contributed by atoms with van der Waals surface area (Å²) in [6.07, 6.45) is 34.7. The van der Waals surface area contributed by atoms with Gasteiger partial charge in [0.15, 0.2) is 6.10 Å². The first-order chi connectivity index (χ1) is 22.0. The molecule has 0 bridgehead atoms. The van der Waals surface area contributed by atoms with E-state index in [1.54, 1.807) is 0 Å². The summed E-state index contributed by atoms with van der Waals surface area (Å²) in [5.41, 5.74) is 0. The molecule has 0 amide bonds. The number of hydrogen-bond acceptors (Lipinski definition) is 6. The molecule has 0 aromatic rings. The number of carbonyl (C=O) groups is 3. The summed E-state index contributed by atoms with van der Waals surface area (Å²) in [7, 11) is 0. The molecule has 0 radical (unpaired) electrons. The second kappa shape index (κ2) is 34.8. The Hall–Kier alpha value is -2.11. The first-order valence-corrected chi connectivity index (χ1v) is 18.8. The molecular formula is C39H70O6. The average Bonchev–Trinajstić information content (AvgIpc) is 3.03. The minimum atomic E-state index is -0.768. The van der Waals surface area contributed by atoms with Gasteiger partial charge in [-0.25, -0.2) is 0 Å². The molecule has 0 fully saturated rings. The van der Waals surface area contributed by atoms with Gasteiger partial charge in [0.25, 0.3) is 0 Å². The minimum absolute atomic E-state index is 0.0779. The molecule has 0 aliphatic carbocycles. The van der Waals surface area contributed by atoms with Crippen molar-refractivity contribution in [1.29, 1.82) is 0 Å². The van der Waals surface area contributed by atoms with Crippen LogP contribution < -0.4 is 0 Å². The first kappa shape index (κ1) is 42.9. The number of rotatable bonds is 33. The zero-order chi connectivity index (χ0) is 33.1. The van der Waals surface area contributed by atoms with Gasteiger partial charge in [0.1, 0.15) is 13.2 Å². The van der Waals surface area contributed by atoms with Crippen LogP contribution in [0, 0.1) is 0 Å². The van der Waals surface area contributed by atoms with Crippen molar-refractivity contribution in [2.24, 2.45) is 0 Å². The summed E-state index contributed by atoms with van der Waals surface area (Å²) < 4.78 is 16.5. The van der Waals surface area contributed by atoms with E-state index in [0.29, 0.717) is 19.3 Å². The topological polar surface area (TPSA) is 78.9 Å². The molecule has 262 valence electrons. The number of unbranched alkanes of at least 4 members (excludes halogenated alkanes) is 18. The van der Waals surface area contributed by atoms with Gasteiger partial charge in [-0.05, 0) is 57.8 Å². The third-order valence-electron chi connectivity index (χ3n) is 7.93. The van der Waals surface area contributed by atoms with Crippen molar-refractivity contribution < 1.29 is 28.6 Å². The van der Waals surface area contributed by atoms with E-state index in [0.717, 1.165) is 83.5 Å². The molecule has 0 spiro atoms. The molecule has 0 saturated carbocycles. The molecule has 0 aromatic heterocycles. The molecule has 0 aliphatic heterocycles. The van der Waals surface area contributed by atoms with E-state index in [9.17, 15) is 14.4 Å². The fourth-order valence-electron chi connectivity index (χ4n) is 4.99. The monoisotopic (exact) mass is 635 g/mol. The number of hydrogen-bond donors (Lipinski definition) is 0. The summed E-state index contributed by atoms with van der Waals surface area (Å²) >= 11 is 0. The standard InChI is InChI=1S/C39H70O6/c1-4-7-10-13-15-17-19-21-23-26-29-32-38(41)44-35-36(34-43-37(40)31-28-25-12-9-6-3)45-39(42)33-30-27-24-22-20-18-16-14-11-8-5-2/h13-16,36H,4-12,17-35H2,1-3H3/b15-13-,16-14-. The Morgan fingerprint density at radius 3 is 1.18 bits per heavy atom. The van der Waals surface area contributed by atoms with Crippen molar-refractivity contribution in [1.82, 2.24) is 0 Å². The molecule has 1 atom stereocenters. The Morgan fingerprint density at radius 2 is 0.756 bits per heavy atom. The molecule has 1 unspecified atom stereocenters. The van der Waals surface area contributed by atoms with Gasteiger partial charge in [0.2, 0.25) is 0 Å². The Balaban J connectivity index is 4.33. The van der Waals surface area contributed by atoms with E-state index in [1.807, 2.05) is 0 Å². The van der Waals surface area contributed by atoms with Gasteiger partial charge < -0.3 is 14.2 Å². The summed E-state index contributed by atoms with van der Waals surface area (Å²) in [6.45, 7) is 6.43. The lowest BCUT2D eigenvalue weighted by Gasteiger charge is -2.18. The second-order valence-electron chi connectivity index (χ2n) is 12.5. The van der Waals surface area contributed by atoms with Crippen LogP contribution in [0.3, 0.4) is 0 Å². The maximum absolute atomic E-state index is 12.5. The molecular weight excluding hydrogens is 564 g/mol. The summed E-state index contributed by atoms with van der Waals surface area (Å²) in [5, 5.41) is 0. The summed E-state index contributed by atoms with van der Waals surface area (Å²) in [5.74, 6) is -0.918. The van der Waals surface area contributed by atoms with E-state index in [-0.39, 0.29) is 31.1 Å². The third-order valence-corrected chi connectivity index (χ3v) is 7.93. The third kappa shape index (κ3) is 33.1. The lowest BCUT2D eigenvalue weighted by Crippen LogP contribution is -2.30. The molecule has 0 aromatic carbocycles. The largest absolute Gasteiger partial charge is 0.462 e. The van der Waals surface area contributed by atoms with Crippen LogP contribution in [0.15, 0.2) is 24.3 Å². The van der Waals surface area contributed by atoms with Gasteiger partial charge in [0.05, 0.1) is 0 Å². The van der Waals surface area contributed by atoms with Crippen molar-refractivity contribution in [3.05, 3.63) is 24.3 Å². The van der Waals surface area contributed by atoms with E-state index < -0.39 is 6.10 Å². The van der Waals surface area contributed by atoms with Crippen LogP contribution in [0.25, 0.3) is 0 Å². The van der Waals surface area contributed by atoms with Gasteiger partial charge in [0, 0.05) is 19.3 Å². The zero-order valence-corrected chi connectivity index (χ0v) is 29.6. The first-order valence-electron chi connectivity index (χ1n) is 18.8. The van der Waals surface area contributed by atoms with Crippen LogP contribution in [0.2, 0.25) is 0 Å². The lowest BCUT2D eigenvalue weighted by atomic mass is 10.1. The van der Waals surface area contributed by atoms with Gasteiger partial charge in [-0.2, -0.15) is 0 Å². The van der Waals surface area contributed by atoms with Crippen LogP contribution in [-0.4, -0.2) is 37.2 Å². The molecule has 45 heavy (non-hydrogen) atoms. The zero-order valence-electron chi connectivity index (χ0n) is 29.6. The number of allylic oxidation sites excluding steroid dienone is 4.